The molecule has 1 saturated carbocycles. The van der Waals surface area contributed by atoms with Gasteiger partial charge in [-0.1, -0.05) is 12.8 Å². The lowest BCUT2D eigenvalue weighted by molar-refractivity contribution is 0.159. The smallest absolute Gasteiger partial charge is 0.142 e. The summed E-state index contributed by atoms with van der Waals surface area (Å²) in [5.41, 5.74) is 1.04. The number of rotatable bonds is 5. The molecule has 0 unspecified atom stereocenters. The molecule has 0 amide bonds. The minimum Gasteiger partial charge on any atom is -0.497 e. The number of methoxy groups -OCH3 is 2. The third-order valence-electron chi connectivity index (χ3n) is 5.14. The second kappa shape index (κ2) is 7.23. The zero-order valence-corrected chi connectivity index (χ0v) is 13.8. The number of anilines is 1. The van der Waals surface area contributed by atoms with E-state index in [-0.39, 0.29) is 0 Å². The average molecular weight is 304 g/mol. The molecule has 0 radical (unpaired) electrons. The van der Waals surface area contributed by atoms with Gasteiger partial charge in [-0.15, -0.1) is 0 Å². The van der Waals surface area contributed by atoms with Crippen LogP contribution < -0.4 is 14.8 Å². The standard InChI is InChI=1S/C18H28N2O2/c1-21-16-7-8-18(22-2)17(13-16)19-14-9-11-20(12-10-14)15-5-3-4-6-15/h7-8,13-15,19H,3-6,9-12H2,1-2H3. The first-order valence-corrected chi connectivity index (χ1v) is 8.53. The Kier molecular flexibility index (Phi) is 5.08. The van der Waals surface area contributed by atoms with Gasteiger partial charge in [-0.2, -0.15) is 0 Å². The van der Waals surface area contributed by atoms with Crippen LogP contribution in [0.1, 0.15) is 38.5 Å². The molecule has 122 valence electrons. The summed E-state index contributed by atoms with van der Waals surface area (Å²) in [6.07, 6.45) is 8.06. The number of ether oxygens (including phenoxy) is 2. The zero-order chi connectivity index (χ0) is 15.4. The van der Waals surface area contributed by atoms with Crippen LogP contribution in [-0.2, 0) is 0 Å². The molecule has 1 heterocycles. The van der Waals surface area contributed by atoms with E-state index in [4.69, 9.17) is 9.47 Å². The Bertz CT molecular complexity index is 478. The van der Waals surface area contributed by atoms with Crippen LogP contribution in [0.15, 0.2) is 18.2 Å². The maximum Gasteiger partial charge on any atom is 0.142 e. The summed E-state index contributed by atoms with van der Waals surface area (Å²) in [5, 5.41) is 3.65. The van der Waals surface area contributed by atoms with Crippen molar-refractivity contribution < 1.29 is 9.47 Å². The molecule has 1 aliphatic carbocycles. The molecule has 3 rings (SSSR count). The normalized spacial score (nSPS) is 21.0. The number of nitrogens with one attached hydrogen (secondary N) is 1. The van der Waals surface area contributed by atoms with E-state index in [1.807, 2.05) is 18.2 Å². The van der Waals surface area contributed by atoms with Gasteiger partial charge in [0, 0.05) is 31.2 Å². The van der Waals surface area contributed by atoms with Gasteiger partial charge in [0.2, 0.25) is 0 Å². The van der Waals surface area contributed by atoms with Gasteiger partial charge in [0.15, 0.2) is 0 Å². The van der Waals surface area contributed by atoms with E-state index >= 15 is 0 Å². The van der Waals surface area contributed by atoms with Crippen molar-refractivity contribution in [3.8, 4) is 11.5 Å². The number of nitrogens with zero attached hydrogens (tertiary/aromatic N) is 1. The minimum atomic E-state index is 0.527. The Morgan fingerprint density at radius 3 is 2.36 bits per heavy atom. The highest BCUT2D eigenvalue weighted by molar-refractivity contribution is 5.60. The zero-order valence-electron chi connectivity index (χ0n) is 13.8. The van der Waals surface area contributed by atoms with Crippen molar-refractivity contribution >= 4 is 5.69 Å². The van der Waals surface area contributed by atoms with Crippen molar-refractivity contribution in [1.82, 2.24) is 4.90 Å². The Balaban J connectivity index is 1.58. The molecule has 0 atom stereocenters. The third kappa shape index (κ3) is 3.49. The van der Waals surface area contributed by atoms with Crippen LogP contribution in [0.3, 0.4) is 0 Å². The molecule has 1 N–H and O–H groups in total. The van der Waals surface area contributed by atoms with E-state index in [2.05, 4.69) is 10.2 Å². The molecular weight excluding hydrogens is 276 g/mol. The quantitative estimate of drug-likeness (QED) is 0.902. The van der Waals surface area contributed by atoms with E-state index in [0.717, 1.165) is 23.2 Å². The summed E-state index contributed by atoms with van der Waals surface area (Å²) >= 11 is 0. The Hall–Kier alpha value is -1.42. The second-order valence-electron chi connectivity index (χ2n) is 6.46. The largest absolute Gasteiger partial charge is 0.497 e. The highest BCUT2D eigenvalue weighted by Crippen LogP contribution is 2.32. The highest BCUT2D eigenvalue weighted by Gasteiger charge is 2.27. The fourth-order valence-corrected chi connectivity index (χ4v) is 3.83. The van der Waals surface area contributed by atoms with Crippen molar-refractivity contribution in [2.75, 3.05) is 32.6 Å². The van der Waals surface area contributed by atoms with Crippen LogP contribution in [0.25, 0.3) is 0 Å². The maximum absolute atomic E-state index is 5.46. The number of benzene rings is 1. The van der Waals surface area contributed by atoms with Gasteiger partial charge in [-0.3, -0.25) is 0 Å². The van der Waals surface area contributed by atoms with E-state index < -0.39 is 0 Å². The lowest BCUT2D eigenvalue weighted by atomic mass is 10.0. The topological polar surface area (TPSA) is 33.7 Å². The molecule has 22 heavy (non-hydrogen) atoms. The van der Waals surface area contributed by atoms with Gasteiger partial charge in [-0.05, 0) is 37.8 Å². The van der Waals surface area contributed by atoms with Gasteiger partial charge in [-0.25, -0.2) is 0 Å². The molecule has 1 saturated heterocycles. The van der Waals surface area contributed by atoms with Crippen LogP contribution in [0.4, 0.5) is 5.69 Å². The Morgan fingerprint density at radius 2 is 1.73 bits per heavy atom. The summed E-state index contributed by atoms with van der Waals surface area (Å²) in [6, 6.07) is 7.31. The number of piperidine rings is 1. The van der Waals surface area contributed by atoms with Crippen molar-refractivity contribution in [1.29, 1.82) is 0 Å². The second-order valence-corrected chi connectivity index (χ2v) is 6.46. The monoisotopic (exact) mass is 304 g/mol. The fourth-order valence-electron chi connectivity index (χ4n) is 3.83. The first-order chi connectivity index (χ1) is 10.8. The van der Waals surface area contributed by atoms with Crippen LogP contribution in [0.5, 0.6) is 11.5 Å². The van der Waals surface area contributed by atoms with Gasteiger partial charge in [0.1, 0.15) is 11.5 Å². The molecule has 0 spiro atoms. The molecule has 1 aromatic carbocycles. The van der Waals surface area contributed by atoms with Crippen molar-refractivity contribution in [2.24, 2.45) is 0 Å². The van der Waals surface area contributed by atoms with Crippen LogP contribution in [0.2, 0.25) is 0 Å². The first-order valence-electron chi connectivity index (χ1n) is 8.53. The molecule has 1 aromatic rings. The Labute approximate surface area is 133 Å². The molecule has 4 nitrogen and oxygen atoms in total. The average Bonchev–Trinajstić information content (AvgIpc) is 3.10. The van der Waals surface area contributed by atoms with Crippen LogP contribution in [0, 0.1) is 0 Å². The molecule has 0 aromatic heterocycles. The van der Waals surface area contributed by atoms with Gasteiger partial charge in [0.05, 0.1) is 19.9 Å². The van der Waals surface area contributed by atoms with E-state index in [1.165, 1.54) is 51.6 Å². The first kappa shape index (κ1) is 15.5. The van der Waals surface area contributed by atoms with Gasteiger partial charge in [0.25, 0.3) is 0 Å². The van der Waals surface area contributed by atoms with E-state index in [0.29, 0.717) is 6.04 Å². The number of likely N-dealkylation sites (tertiary alicyclic amines) is 1. The molecule has 4 heteroatoms. The van der Waals surface area contributed by atoms with Crippen LogP contribution in [-0.4, -0.2) is 44.3 Å². The van der Waals surface area contributed by atoms with E-state index in [9.17, 15) is 0 Å². The summed E-state index contributed by atoms with van der Waals surface area (Å²) in [6.45, 7) is 2.43. The lowest BCUT2D eigenvalue weighted by Crippen LogP contribution is -2.43. The molecular formula is C18H28N2O2. The molecule has 2 aliphatic rings. The third-order valence-corrected chi connectivity index (χ3v) is 5.14. The van der Waals surface area contributed by atoms with Gasteiger partial charge >= 0.3 is 0 Å². The lowest BCUT2D eigenvalue weighted by Gasteiger charge is -2.36. The summed E-state index contributed by atoms with van der Waals surface area (Å²) in [7, 11) is 3.42. The van der Waals surface area contributed by atoms with Gasteiger partial charge < -0.3 is 19.7 Å². The fraction of sp³-hybridized carbons (Fsp3) is 0.667. The van der Waals surface area contributed by atoms with Crippen LogP contribution >= 0.6 is 0 Å². The Morgan fingerprint density at radius 1 is 1.00 bits per heavy atom. The predicted molar refractivity (Wildman–Crippen MR) is 90.0 cm³/mol. The minimum absolute atomic E-state index is 0.527. The SMILES string of the molecule is COc1ccc(OC)c(NC2CCN(C3CCCC3)CC2)c1. The molecule has 0 bridgehead atoms. The summed E-state index contributed by atoms with van der Waals surface area (Å²) < 4.78 is 10.8. The predicted octanol–water partition coefficient (Wildman–Crippen LogP) is 3.52. The van der Waals surface area contributed by atoms with Crippen molar-refractivity contribution in [2.45, 2.75) is 50.6 Å². The van der Waals surface area contributed by atoms with Crippen molar-refractivity contribution in [3.05, 3.63) is 18.2 Å². The van der Waals surface area contributed by atoms with Crippen molar-refractivity contribution in [3.63, 3.8) is 0 Å². The highest BCUT2D eigenvalue weighted by atomic mass is 16.5. The summed E-state index contributed by atoms with van der Waals surface area (Å²) in [4.78, 5) is 2.70. The summed E-state index contributed by atoms with van der Waals surface area (Å²) in [5.74, 6) is 1.76. The number of hydrogen-bond acceptors (Lipinski definition) is 4. The maximum atomic E-state index is 5.46. The molecule has 2 fully saturated rings. The molecule has 1 aliphatic heterocycles. The van der Waals surface area contributed by atoms with E-state index in [1.54, 1.807) is 14.2 Å². The number of hydrogen-bond donors (Lipinski definition) is 1.